The van der Waals surface area contributed by atoms with Gasteiger partial charge in [0.15, 0.2) is 0 Å². The van der Waals surface area contributed by atoms with Crippen LogP contribution in [0.3, 0.4) is 0 Å². The number of benzene rings is 2. The first-order valence-electron chi connectivity index (χ1n) is 9.11. The summed E-state index contributed by atoms with van der Waals surface area (Å²) in [6, 6.07) is 17.8. The van der Waals surface area contributed by atoms with Crippen LogP contribution >= 0.6 is 11.8 Å². The Balaban J connectivity index is 1.95. The summed E-state index contributed by atoms with van der Waals surface area (Å²) in [5, 5.41) is 2.97. The second kappa shape index (κ2) is 10.7. The summed E-state index contributed by atoms with van der Waals surface area (Å²) >= 11 is 1.61. The van der Waals surface area contributed by atoms with Gasteiger partial charge in [0.2, 0.25) is 11.8 Å². The van der Waals surface area contributed by atoms with E-state index in [4.69, 9.17) is 0 Å². The van der Waals surface area contributed by atoms with E-state index in [1.165, 1.54) is 0 Å². The highest BCUT2D eigenvalue weighted by molar-refractivity contribution is 7.99. The van der Waals surface area contributed by atoms with Gasteiger partial charge in [-0.3, -0.25) is 14.5 Å². The summed E-state index contributed by atoms with van der Waals surface area (Å²) in [4.78, 5) is 30.2. The molecule has 0 atom stereocenters. The molecule has 2 rings (SSSR count). The van der Waals surface area contributed by atoms with E-state index in [1.54, 1.807) is 28.6 Å². The average Bonchev–Trinajstić information content (AvgIpc) is 2.65. The molecule has 0 radical (unpaired) electrons. The zero-order valence-electron chi connectivity index (χ0n) is 16.1. The van der Waals surface area contributed by atoms with E-state index < -0.39 is 0 Å². The second-order valence-corrected chi connectivity index (χ2v) is 7.31. The van der Waals surface area contributed by atoms with Gasteiger partial charge in [-0.25, -0.2) is 0 Å². The lowest BCUT2D eigenvalue weighted by molar-refractivity contribution is -0.132. The first-order chi connectivity index (χ1) is 13.0. The molecule has 0 aliphatic carbocycles. The molecule has 0 unspecified atom stereocenters. The van der Waals surface area contributed by atoms with Gasteiger partial charge in [-0.2, -0.15) is 0 Å². The van der Waals surface area contributed by atoms with E-state index in [0.717, 1.165) is 15.5 Å². The molecule has 144 valence electrons. The minimum absolute atomic E-state index is 0.0373. The minimum Gasteiger partial charge on any atom is -0.342 e. The first kappa shape index (κ1) is 21.0. The van der Waals surface area contributed by atoms with E-state index in [1.807, 2.05) is 68.4 Å². The molecule has 1 N–H and O–H groups in total. The number of carbonyl (C=O) groups is 2. The van der Waals surface area contributed by atoms with Crippen LogP contribution in [0.4, 0.5) is 5.69 Å². The maximum Gasteiger partial charge on any atom is 0.238 e. The summed E-state index contributed by atoms with van der Waals surface area (Å²) in [6.07, 6.45) is 0. The number of amides is 2. The molecule has 6 heteroatoms. The van der Waals surface area contributed by atoms with E-state index >= 15 is 0 Å². The van der Waals surface area contributed by atoms with Crippen molar-refractivity contribution in [1.82, 2.24) is 9.80 Å². The third-order valence-corrected chi connectivity index (χ3v) is 5.15. The number of hydrogen-bond donors (Lipinski definition) is 1. The maximum absolute atomic E-state index is 12.4. The summed E-state index contributed by atoms with van der Waals surface area (Å²) < 4.78 is 0. The largest absolute Gasteiger partial charge is 0.342 e. The molecule has 27 heavy (non-hydrogen) atoms. The van der Waals surface area contributed by atoms with Crippen molar-refractivity contribution in [2.75, 3.05) is 38.5 Å². The van der Waals surface area contributed by atoms with Crippen molar-refractivity contribution in [2.45, 2.75) is 23.6 Å². The Morgan fingerprint density at radius 3 is 2.22 bits per heavy atom. The van der Waals surface area contributed by atoms with Crippen LogP contribution in [0.1, 0.15) is 13.8 Å². The van der Waals surface area contributed by atoms with Crippen molar-refractivity contribution in [1.29, 1.82) is 0 Å². The summed E-state index contributed by atoms with van der Waals surface area (Å²) in [5.41, 5.74) is 0.778. The molecule has 2 aromatic rings. The molecule has 0 spiro atoms. The van der Waals surface area contributed by atoms with E-state index in [9.17, 15) is 9.59 Å². The van der Waals surface area contributed by atoms with Crippen LogP contribution in [0, 0.1) is 0 Å². The Bertz CT molecular complexity index is 748. The van der Waals surface area contributed by atoms with E-state index in [0.29, 0.717) is 13.1 Å². The van der Waals surface area contributed by atoms with Gasteiger partial charge < -0.3 is 10.2 Å². The Labute approximate surface area is 165 Å². The summed E-state index contributed by atoms with van der Waals surface area (Å²) in [7, 11) is 1.78. The lowest BCUT2D eigenvalue weighted by atomic mass is 10.3. The van der Waals surface area contributed by atoms with Gasteiger partial charge in [-0.05, 0) is 45.2 Å². The predicted molar refractivity (Wildman–Crippen MR) is 111 cm³/mol. The minimum atomic E-state index is -0.133. The van der Waals surface area contributed by atoms with Gasteiger partial charge in [0.05, 0.1) is 18.8 Å². The fourth-order valence-corrected chi connectivity index (χ4v) is 3.60. The van der Waals surface area contributed by atoms with Gasteiger partial charge >= 0.3 is 0 Å². The average molecular weight is 386 g/mol. The number of hydrogen-bond acceptors (Lipinski definition) is 4. The van der Waals surface area contributed by atoms with E-state index in [-0.39, 0.29) is 24.9 Å². The summed E-state index contributed by atoms with van der Waals surface area (Å²) in [6.45, 7) is 5.66. The third-order valence-electron chi connectivity index (χ3n) is 4.07. The second-order valence-electron chi connectivity index (χ2n) is 6.20. The Hall–Kier alpha value is -2.31. The number of rotatable bonds is 9. The van der Waals surface area contributed by atoms with Crippen LogP contribution in [-0.4, -0.2) is 54.8 Å². The zero-order chi connectivity index (χ0) is 19.6. The molecule has 2 aromatic carbocycles. The number of nitrogens with one attached hydrogen (secondary N) is 1. The monoisotopic (exact) mass is 385 g/mol. The van der Waals surface area contributed by atoms with Crippen LogP contribution in [0.2, 0.25) is 0 Å². The SMILES string of the molecule is CCN(CC)C(=O)CN(C)CC(=O)Nc1ccccc1Sc1ccccc1. The molecule has 0 aliphatic heterocycles. The molecule has 0 aromatic heterocycles. The van der Waals surface area contributed by atoms with Crippen LogP contribution in [0.5, 0.6) is 0 Å². The molecule has 0 saturated carbocycles. The molecule has 0 bridgehead atoms. The lowest BCUT2D eigenvalue weighted by Crippen LogP contribution is -2.41. The topological polar surface area (TPSA) is 52.7 Å². The fraction of sp³-hybridized carbons (Fsp3) is 0.333. The van der Waals surface area contributed by atoms with Crippen LogP contribution < -0.4 is 5.32 Å². The van der Waals surface area contributed by atoms with Crippen LogP contribution in [0.25, 0.3) is 0 Å². The van der Waals surface area contributed by atoms with Crippen molar-refractivity contribution in [2.24, 2.45) is 0 Å². The standard InChI is InChI=1S/C21H27N3O2S/c1-4-24(5-2)21(26)16-23(3)15-20(25)22-18-13-9-10-14-19(18)27-17-11-7-6-8-12-17/h6-14H,4-5,15-16H2,1-3H3,(H,22,25). The number of para-hydroxylation sites is 1. The molecule has 0 heterocycles. The lowest BCUT2D eigenvalue weighted by Gasteiger charge is -2.22. The molecule has 2 amide bonds. The highest BCUT2D eigenvalue weighted by Crippen LogP contribution is 2.33. The van der Waals surface area contributed by atoms with Crippen molar-refractivity contribution in [3.63, 3.8) is 0 Å². The molecule has 0 aliphatic rings. The quantitative estimate of drug-likeness (QED) is 0.717. The maximum atomic E-state index is 12.4. The van der Waals surface area contributed by atoms with Crippen molar-refractivity contribution < 1.29 is 9.59 Å². The summed E-state index contributed by atoms with van der Waals surface area (Å²) in [5.74, 6) is -0.0960. The first-order valence-corrected chi connectivity index (χ1v) is 9.93. The van der Waals surface area contributed by atoms with Crippen LogP contribution in [-0.2, 0) is 9.59 Å². The molecule has 0 fully saturated rings. The Kier molecular flexibility index (Phi) is 8.36. The van der Waals surface area contributed by atoms with Gasteiger partial charge in [0.25, 0.3) is 0 Å². The number of nitrogens with zero attached hydrogens (tertiary/aromatic N) is 2. The molecule has 5 nitrogen and oxygen atoms in total. The van der Waals surface area contributed by atoms with E-state index in [2.05, 4.69) is 5.32 Å². The predicted octanol–water partition coefficient (Wildman–Crippen LogP) is 3.58. The van der Waals surface area contributed by atoms with Crippen molar-refractivity contribution >= 4 is 29.3 Å². The van der Waals surface area contributed by atoms with Crippen molar-refractivity contribution in [3.8, 4) is 0 Å². The normalized spacial score (nSPS) is 10.7. The van der Waals surface area contributed by atoms with Crippen molar-refractivity contribution in [3.05, 3.63) is 54.6 Å². The smallest absolute Gasteiger partial charge is 0.238 e. The van der Waals surface area contributed by atoms with Gasteiger partial charge in [-0.15, -0.1) is 0 Å². The highest BCUT2D eigenvalue weighted by atomic mass is 32.2. The van der Waals surface area contributed by atoms with Gasteiger partial charge in [0, 0.05) is 22.9 Å². The molecule has 0 saturated heterocycles. The molecular formula is C21H27N3O2S. The third kappa shape index (κ3) is 6.73. The Morgan fingerprint density at radius 1 is 0.926 bits per heavy atom. The van der Waals surface area contributed by atoms with Crippen LogP contribution in [0.15, 0.2) is 64.4 Å². The number of likely N-dealkylation sites (N-methyl/N-ethyl adjacent to an activating group) is 2. The molecular weight excluding hydrogens is 358 g/mol. The zero-order valence-corrected chi connectivity index (χ0v) is 17.0. The number of anilines is 1. The Morgan fingerprint density at radius 2 is 1.56 bits per heavy atom. The van der Waals surface area contributed by atoms with Gasteiger partial charge in [-0.1, -0.05) is 42.1 Å². The highest BCUT2D eigenvalue weighted by Gasteiger charge is 2.15. The number of carbonyl (C=O) groups excluding carboxylic acids is 2. The van der Waals surface area contributed by atoms with Gasteiger partial charge in [0.1, 0.15) is 0 Å². The fourth-order valence-electron chi connectivity index (χ4n) is 2.67.